The van der Waals surface area contributed by atoms with Crippen molar-refractivity contribution in [1.29, 1.82) is 0 Å². The second-order valence-corrected chi connectivity index (χ2v) is 5.91. The number of H-pyrrole nitrogens is 1. The Morgan fingerprint density at radius 3 is 2.77 bits per heavy atom. The van der Waals surface area contributed by atoms with Crippen LogP contribution in [0.4, 0.5) is 10.6 Å². The fourth-order valence-corrected chi connectivity index (χ4v) is 2.93. The minimum Gasteiger partial charge on any atom is -0.450 e. The molecule has 0 saturated carbocycles. The van der Waals surface area contributed by atoms with Crippen LogP contribution in [0.3, 0.4) is 0 Å². The maximum atomic E-state index is 11.8. The average molecular weight is 353 g/mol. The third-order valence-electron chi connectivity index (χ3n) is 4.28. The molecular formula is C17H19N7O2. The molecule has 0 unspecified atom stereocenters. The molecule has 134 valence electrons. The molecular weight excluding hydrogens is 334 g/mol. The highest BCUT2D eigenvalue weighted by molar-refractivity contribution is 5.77. The highest BCUT2D eigenvalue weighted by atomic mass is 16.6. The zero-order valence-electron chi connectivity index (χ0n) is 14.4. The number of carbonyl (C=O) groups is 1. The molecule has 0 spiro atoms. The summed E-state index contributed by atoms with van der Waals surface area (Å²) >= 11 is 0. The van der Waals surface area contributed by atoms with Gasteiger partial charge in [-0.3, -0.25) is 9.97 Å². The fourth-order valence-electron chi connectivity index (χ4n) is 2.93. The first-order chi connectivity index (χ1) is 12.7. The molecule has 0 radical (unpaired) electrons. The van der Waals surface area contributed by atoms with Gasteiger partial charge in [-0.15, -0.1) is 0 Å². The van der Waals surface area contributed by atoms with Crippen LogP contribution in [0.2, 0.25) is 0 Å². The summed E-state index contributed by atoms with van der Waals surface area (Å²) in [6.45, 7) is 4.76. The summed E-state index contributed by atoms with van der Waals surface area (Å²) in [7, 11) is 0. The van der Waals surface area contributed by atoms with E-state index in [1.54, 1.807) is 29.7 Å². The van der Waals surface area contributed by atoms with Crippen molar-refractivity contribution in [3.63, 3.8) is 0 Å². The van der Waals surface area contributed by atoms with Gasteiger partial charge in [0, 0.05) is 32.4 Å². The molecule has 3 aromatic rings. The number of carbonyl (C=O) groups excluding carboxylic acids is 1. The number of hydrogen-bond donors (Lipinski definition) is 1. The predicted octanol–water partition coefficient (Wildman–Crippen LogP) is 1.69. The fraction of sp³-hybridized carbons (Fsp3) is 0.353. The average Bonchev–Trinajstić information content (AvgIpc) is 3.13. The van der Waals surface area contributed by atoms with Crippen LogP contribution < -0.4 is 4.90 Å². The Morgan fingerprint density at radius 2 is 2.00 bits per heavy atom. The van der Waals surface area contributed by atoms with E-state index in [4.69, 9.17) is 4.74 Å². The monoisotopic (exact) mass is 353 g/mol. The molecule has 1 aliphatic heterocycles. The van der Waals surface area contributed by atoms with E-state index in [1.165, 1.54) is 0 Å². The van der Waals surface area contributed by atoms with Crippen LogP contribution in [0.5, 0.6) is 0 Å². The number of pyridine rings is 1. The molecule has 0 aliphatic carbocycles. The lowest BCUT2D eigenvalue weighted by Gasteiger charge is -2.34. The van der Waals surface area contributed by atoms with Gasteiger partial charge in [0.15, 0.2) is 5.82 Å². The SMILES string of the molecule is CCOC(=O)N1CCN(c2cncc(-c3nc4ccncc4[nH]3)n2)CC1. The Balaban J connectivity index is 1.51. The van der Waals surface area contributed by atoms with Crippen molar-refractivity contribution in [2.45, 2.75) is 6.92 Å². The van der Waals surface area contributed by atoms with Crippen molar-refractivity contribution in [3.05, 3.63) is 30.9 Å². The van der Waals surface area contributed by atoms with E-state index in [0.29, 0.717) is 44.3 Å². The zero-order valence-corrected chi connectivity index (χ0v) is 14.4. The molecule has 1 N–H and O–H groups in total. The van der Waals surface area contributed by atoms with Gasteiger partial charge in [-0.25, -0.2) is 14.8 Å². The largest absolute Gasteiger partial charge is 0.450 e. The van der Waals surface area contributed by atoms with Crippen LogP contribution in [-0.2, 0) is 4.74 Å². The van der Waals surface area contributed by atoms with Crippen molar-refractivity contribution >= 4 is 22.9 Å². The molecule has 1 amide bonds. The van der Waals surface area contributed by atoms with Crippen LogP contribution in [0, 0.1) is 0 Å². The number of aromatic amines is 1. The molecule has 0 atom stereocenters. The number of fused-ring (bicyclic) bond motifs is 1. The standard InChI is InChI=1S/C17H19N7O2/c1-2-26-17(25)24-7-5-23(6-8-24)15-11-19-10-14(20-15)16-21-12-3-4-18-9-13(12)22-16/h3-4,9-11H,2,5-8H2,1H3,(H,21,22). The lowest BCUT2D eigenvalue weighted by Crippen LogP contribution is -2.49. The lowest BCUT2D eigenvalue weighted by atomic mass is 10.3. The van der Waals surface area contributed by atoms with Gasteiger partial charge in [-0.2, -0.15) is 0 Å². The molecule has 0 aromatic carbocycles. The maximum Gasteiger partial charge on any atom is 0.409 e. The van der Waals surface area contributed by atoms with Crippen molar-refractivity contribution in [2.24, 2.45) is 0 Å². The molecule has 4 rings (SSSR count). The number of piperazine rings is 1. The predicted molar refractivity (Wildman–Crippen MR) is 95.7 cm³/mol. The van der Waals surface area contributed by atoms with Crippen molar-refractivity contribution in [2.75, 3.05) is 37.7 Å². The van der Waals surface area contributed by atoms with Gasteiger partial charge in [-0.1, -0.05) is 0 Å². The number of amides is 1. The number of nitrogens with one attached hydrogen (secondary N) is 1. The van der Waals surface area contributed by atoms with Gasteiger partial charge in [0.1, 0.15) is 11.5 Å². The van der Waals surface area contributed by atoms with Crippen molar-refractivity contribution < 1.29 is 9.53 Å². The molecule has 1 aliphatic rings. The van der Waals surface area contributed by atoms with Crippen LogP contribution >= 0.6 is 0 Å². The van der Waals surface area contributed by atoms with E-state index in [0.717, 1.165) is 16.9 Å². The number of hydrogen-bond acceptors (Lipinski definition) is 7. The van der Waals surface area contributed by atoms with Gasteiger partial charge in [0.2, 0.25) is 0 Å². The Hall–Kier alpha value is -3.23. The summed E-state index contributed by atoms with van der Waals surface area (Å²) < 4.78 is 5.05. The molecule has 26 heavy (non-hydrogen) atoms. The van der Waals surface area contributed by atoms with E-state index in [2.05, 4.69) is 29.8 Å². The molecule has 4 heterocycles. The highest BCUT2D eigenvalue weighted by Gasteiger charge is 2.23. The number of imidazole rings is 1. The zero-order chi connectivity index (χ0) is 17.9. The van der Waals surface area contributed by atoms with Crippen LogP contribution in [0.15, 0.2) is 30.9 Å². The van der Waals surface area contributed by atoms with Gasteiger partial charge in [0.25, 0.3) is 0 Å². The molecule has 1 saturated heterocycles. The maximum absolute atomic E-state index is 11.8. The van der Waals surface area contributed by atoms with Crippen LogP contribution in [0.25, 0.3) is 22.6 Å². The number of aromatic nitrogens is 5. The first-order valence-electron chi connectivity index (χ1n) is 8.53. The van der Waals surface area contributed by atoms with E-state index >= 15 is 0 Å². The summed E-state index contributed by atoms with van der Waals surface area (Å²) in [5.74, 6) is 1.43. The lowest BCUT2D eigenvalue weighted by molar-refractivity contribution is 0.105. The second kappa shape index (κ2) is 6.95. The van der Waals surface area contributed by atoms with E-state index in [1.807, 2.05) is 13.0 Å². The first kappa shape index (κ1) is 16.2. The minimum atomic E-state index is -0.261. The van der Waals surface area contributed by atoms with E-state index in [-0.39, 0.29) is 6.09 Å². The van der Waals surface area contributed by atoms with Gasteiger partial charge in [0.05, 0.1) is 36.2 Å². The molecule has 1 fully saturated rings. The minimum absolute atomic E-state index is 0.261. The summed E-state index contributed by atoms with van der Waals surface area (Å²) in [6.07, 6.45) is 6.59. The number of ether oxygens (including phenoxy) is 1. The van der Waals surface area contributed by atoms with Gasteiger partial charge >= 0.3 is 6.09 Å². The summed E-state index contributed by atoms with van der Waals surface area (Å²) in [5.41, 5.74) is 2.37. The number of nitrogens with zero attached hydrogens (tertiary/aromatic N) is 6. The molecule has 9 heteroatoms. The first-order valence-corrected chi connectivity index (χ1v) is 8.53. The molecule has 0 bridgehead atoms. The van der Waals surface area contributed by atoms with Crippen molar-refractivity contribution in [1.82, 2.24) is 29.8 Å². The Labute approximate surface area is 150 Å². The smallest absolute Gasteiger partial charge is 0.409 e. The van der Waals surface area contributed by atoms with Gasteiger partial charge < -0.3 is 19.5 Å². The summed E-state index contributed by atoms with van der Waals surface area (Å²) in [4.78, 5) is 36.5. The van der Waals surface area contributed by atoms with Crippen LogP contribution in [-0.4, -0.2) is 68.7 Å². The summed E-state index contributed by atoms with van der Waals surface area (Å²) in [5, 5.41) is 0. The Kier molecular flexibility index (Phi) is 4.34. The number of rotatable bonds is 3. The van der Waals surface area contributed by atoms with Crippen molar-refractivity contribution in [3.8, 4) is 11.5 Å². The molecule has 3 aromatic heterocycles. The van der Waals surface area contributed by atoms with Crippen LogP contribution in [0.1, 0.15) is 6.92 Å². The van der Waals surface area contributed by atoms with Gasteiger partial charge in [-0.05, 0) is 13.0 Å². The van der Waals surface area contributed by atoms with E-state index in [9.17, 15) is 4.79 Å². The second-order valence-electron chi connectivity index (χ2n) is 5.91. The third kappa shape index (κ3) is 3.15. The Morgan fingerprint density at radius 1 is 1.15 bits per heavy atom. The summed E-state index contributed by atoms with van der Waals surface area (Å²) in [6, 6.07) is 1.85. The number of anilines is 1. The quantitative estimate of drug-likeness (QED) is 0.765. The highest BCUT2D eigenvalue weighted by Crippen LogP contribution is 2.20. The topological polar surface area (TPSA) is 100 Å². The Bertz CT molecular complexity index is 885. The van der Waals surface area contributed by atoms with E-state index < -0.39 is 0 Å². The normalized spacial score (nSPS) is 14.7. The molecule has 9 nitrogen and oxygen atoms in total. The third-order valence-corrected chi connectivity index (χ3v) is 4.28.